The first kappa shape index (κ1) is 39.6. The zero-order valence-corrected chi connectivity index (χ0v) is 31.0. The van der Waals surface area contributed by atoms with E-state index in [0.29, 0.717) is 67.7 Å². The van der Waals surface area contributed by atoms with E-state index >= 15 is 8.78 Å². The Balaban J connectivity index is 1.26. The molecule has 1 heterocycles. The van der Waals surface area contributed by atoms with Gasteiger partial charge in [0, 0.05) is 41.6 Å². The zero-order chi connectivity index (χ0) is 37.1. The molecule has 9 nitrogen and oxygen atoms in total. The molecule has 14 heteroatoms. The minimum atomic E-state index is -0.847. The van der Waals surface area contributed by atoms with E-state index in [1.807, 2.05) is 16.7 Å². The summed E-state index contributed by atoms with van der Waals surface area (Å²) in [6, 6.07) is 13.8. The number of thioether (sulfide) groups is 1. The van der Waals surface area contributed by atoms with Gasteiger partial charge in [-0.3, -0.25) is 9.36 Å². The highest BCUT2D eigenvalue weighted by molar-refractivity contribution is 7.98. The van der Waals surface area contributed by atoms with Crippen LogP contribution in [-0.2, 0) is 36.5 Å². The largest absolute Gasteiger partial charge is 0.495 e. The fourth-order valence-corrected chi connectivity index (χ4v) is 7.40. The molecule has 0 saturated carbocycles. The lowest BCUT2D eigenvalue weighted by molar-refractivity contribution is 0.00414. The molecule has 1 aromatic heterocycles. The number of nitrogens with zero attached hydrogens (tertiary/aromatic N) is 2. The fourth-order valence-electron chi connectivity index (χ4n) is 6.15. The molecule has 4 aromatic rings. The Kier molecular flexibility index (Phi) is 14.4. The zero-order valence-electron chi connectivity index (χ0n) is 29.4. The van der Waals surface area contributed by atoms with Gasteiger partial charge in [-0.1, -0.05) is 29.4 Å². The molecule has 1 N–H and O–H groups in total. The number of halogens is 4. The first-order valence-electron chi connectivity index (χ1n) is 17.0. The minimum absolute atomic E-state index is 0.0999. The second-order valence-corrected chi connectivity index (χ2v) is 13.7. The number of aromatic nitrogens is 2. The molecule has 0 fully saturated rings. The normalized spacial score (nSPS) is 15.4. The average molecular weight is 762 g/mol. The smallest absolute Gasteiger partial charge is 0.251 e. The van der Waals surface area contributed by atoms with Gasteiger partial charge in [-0.25, -0.2) is 18.2 Å². The van der Waals surface area contributed by atoms with Gasteiger partial charge in [0.1, 0.15) is 23.2 Å². The molecule has 52 heavy (non-hydrogen) atoms. The molecule has 0 saturated heterocycles. The van der Waals surface area contributed by atoms with Crippen LogP contribution in [-0.4, -0.2) is 82.5 Å². The van der Waals surface area contributed by atoms with Crippen molar-refractivity contribution < 1.29 is 41.7 Å². The topological polar surface area (TPSA) is 93.1 Å². The number of imidazole rings is 1. The summed E-state index contributed by atoms with van der Waals surface area (Å²) in [5.74, 6) is -2.26. The maximum atomic E-state index is 15.4. The first-order valence-corrected chi connectivity index (χ1v) is 18.4. The third-order valence-corrected chi connectivity index (χ3v) is 10.1. The van der Waals surface area contributed by atoms with Crippen molar-refractivity contribution in [2.45, 2.75) is 42.5 Å². The van der Waals surface area contributed by atoms with Crippen molar-refractivity contribution in [2.24, 2.45) is 0 Å². The lowest BCUT2D eigenvalue weighted by Gasteiger charge is -2.36. The number of hydrogen-bond acceptors (Lipinski definition) is 8. The summed E-state index contributed by atoms with van der Waals surface area (Å²) in [5, 5.41) is 3.62. The highest BCUT2D eigenvalue weighted by atomic mass is 35.5. The number of benzene rings is 3. The number of hydrogen-bond donors (Lipinski definition) is 1. The number of carbonyl (C=O) groups excluding carboxylic acids is 1. The Hall–Kier alpha value is -3.59. The van der Waals surface area contributed by atoms with Crippen molar-refractivity contribution in [1.29, 1.82) is 0 Å². The molecular formula is C38H43ClF3N3O6S. The van der Waals surface area contributed by atoms with E-state index in [4.69, 9.17) is 40.3 Å². The number of aryl methyl sites for hydroxylation is 1. The van der Waals surface area contributed by atoms with Gasteiger partial charge in [0.15, 0.2) is 5.16 Å². The Morgan fingerprint density at radius 1 is 0.923 bits per heavy atom. The van der Waals surface area contributed by atoms with Gasteiger partial charge in [-0.15, -0.1) is 0 Å². The van der Waals surface area contributed by atoms with Crippen LogP contribution in [0.1, 0.15) is 52.6 Å². The van der Waals surface area contributed by atoms with Crippen LogP contribution >= 0.6 is 23.4 Å². The first-order chi connectivity index (χ1) is 25.2. The standard InChI is InChI=1S/C38H43ClF3N3O6S/c1-38(26-6-11-30(39)34(23-26)48-3)12-4-5-33-35(38)45(28-9-7-27(40)8-10-28)37(44-33)52-24-29-31(41)21-25(22-32(29)42)36(46)43-13-14-49-17-18-51-20-19-50-16-15-47-2/h6-11,21-23H,4-5,12-20,24H2,1-3H3,(H,43,46). The summed E-state index contributed by atoms with van der Waals surface area (Å²) in [6.07, 6.45) is 2.35. The average Bonchev–Trinajstić information content (AvgIpc) is 3.51. The predicted octanol–water partition coefficient (Wildman–Crippen LogP) is 7.31. The maximum Gasteiger partial charge on any atom is 0.251 e. The summed E-state index contributed by atoms with van der Waals surface area (Å²) in [4.78, 5) is 17.7. The molecule has 1 unspecified atom stereocenters. The molecular weight excluding hydrogens is 719 g/mol. The van der Waals surface area contributed by atoms with Gasteiger partial charge >= 0.3 is 0 Å². The Morgan fingerprint density at radius 2 is 1.58 bits per heavy atom. The van der Waals surface area contributed by atoms with Crippen LogP contribution in [0.25, 0.3) is 5.69 Å². The summed E-state index contributed by atoms with van der Waals surface area (Å²) in [7, 11) is 3.17. The van der Waals surface area contributed by atoms with Crippen molar-refractivity contribution >= 4 is 29.3 Å². The monoisotopic (exact) mass is 761 g/mol. The van der Waals surface area contributed by atoms with E-state index in [0.717, 1.165) is 53.7 Å². The molecule has 0 bridgehead atoms. The van der Waals surface area contributed by atoms with Crippen LogP contribution in [0.4, 0.5) is 13.2 Å². The van der Waals surface area contributed by atoms with E-state index in [1.165, 1.54) is 12.1 Å². The van der Waals surface area contributed by atoms with Gasteiger partial charge in [0.05, 0.1) is 69.8 Å². The number of fused-ring (bicyclic) bond motifs is 1. The van der Waals surface area contributed by atoms with E-state index in [2.05, 4.69) is 12.2 Å². The van der Waals surface area contributed by atoms with Gasteiger partial charge in [0.2, 0.25) is 0 Å². The fraction of sp³-hybridized carbons (Fsp3) is 0.421. The molecule has 0 radical (unpaired) electrons. The predicted molar refractivity (Wildman–Crippen MR) is 194 cm³/mol. The number of rotatable bonds is 19. The molecule has 1 aliphatic carbocycles. The van der Waals surface area contributed by atoms with Crippen molar-refractivity contribution in [3.8, 4) is 11.4 Å². The summed E-state index contributed by atoms with van der Waals surface area (Å²) >= 11 is 7.53. The van der Waals surface area contributed by atoms with Gasteiger partial charge in [0.25, 0.3) is 5.91 Å². The summed E-state index contributed by atoms with van der Waals surface area (Å²) < 4.78 is 73.4. The van der Waals surface area contributed by atoms with Gasteiger partial charge in [-0.05, 0) is 80.3 Å². The second-order valence-electron chi connectivity index (χ2n) is 12.3. The molecule has 0 aliphatic heterocycles. The van der Waals surface area contributed by atoms with Crippen LogP contribution in [0.5, 0.6) is 5.75 Å². The van der Waals surface area contributed by atoms with Crippen LogP contribution in [0.15, 0.2) is 59.8 Å². The molecule has 5 rings (SSSR count). The SMILES string of the molecule is COCCOCCOCCOCCNC(=O)c1cc(F)c(CSc2nc3c(n2-c2ccc(F)cc2)C(C)(c2ccc(Cl)c(OC)c2)CCC3)c(F)c1. The number of amides is 1. The quantitative estimate of drug-likeness (QED) is 0.0786. The van der Waals surface area contributed by atoms with Gasteiger partial charge in [-0.2, -0.15) is 0 Å². The van der Waals surface area contributed by atoms with E-state index in [9.17, 15) is 9.18 Å². The Morgan fingerprint density at radius 3 is 2.23 bits per heavy atom. The van der Waals surface area contributed by atoms with Crippen molar-refractivity contribution in [3.05, 3.63) is 105 Å². The lowest BCUT2D eigenvalue weighted by Crippen LogP contribution is -2.31. The van der Waals surface area contributed by atoms with Crippen LogP contribution < -0.4 is 10.1 Å². The molecule has 1 atom stereocenters. The summed E-state index contributed by atoms with van der Waals surface area (Å²) in [5.41, 5.74) is 2.53. The van der Waals surface area contributed by atoms with Crippen molar-refractivity contribution in [2.75, 3.05) is 67.0 Å². The van der Waals surface area contributed by atoms with Gasteiger partial charge < -0.3 is 29.0 Å². The maximum absolute atomic E-state index is 15.4. The minimum Gasteiger partial charge on any atom is -0.495 e. The number of ether oxygens (including phenoxy) is 5. The molecule has 3 aromatic carbocycles. The molecule has 280 valence electrons. The second kappa shape index (κ2) is 18.9. The molecule has 0 spiro atoms. The lowest BCUT2D eigenvalue weighted by atomic mass is 9.71. The highest BCUT2D eigenvalue weighted by Gasteiger charge is 2.40. The molecule has 1 amide bonds. The summed E-state index contributed by atoms with van der Waals surface area (Å²) in [6.45, 7) is 5.06. The van der Waals surface area contributed by atoms with E-state index in [1.54, 1.807) is 32.4 Å². The number of methoxy groups -OCH3 is 2. The number of carbonyl (C=O) groups is 1. The number of nitrogens with one attached hydrogen (secondary N) is 1. The third kappa shape index (κ3) is 9.68. The Bertz CT molecular complexity index is 1790. The van der Waals surface area contributed by atoms with Crippen molar-refractivity contribution in [3.63, 3.8) is 0 Å². The van der Waals surface area contributed by atoms with E-state index in [-0.39, 0.29) is 35.8 Å². The van der Waals surface area contributed by atoms with Crippen molar-refractivity contribution in [1.82, 2.24) is 14.9 Å². The molecule has 1 aliphatic rings. The van der Waals surface area contributed by atoms with Crippen LogP contribution in [0.2, 0.25) is 5.02 Å². The van der Waals surface area contributed by atoms with Crippen LogP contribution in [0, 0.1) is 17.5 Å². The third-order valence-electron chi connectivity index (χ3n) is 8.86. The highest BCUT2D eigenvalue weighted by Crippen LogP contribution is 2.47. The Labute approximate surface area is 311 Å². The van der Waals surface area contributed by atoms with E-state index < -0.39 is 23.0 Å². The van der Waals surface area contributed by atoms with Crippen LogP contribution in [0.3, 0.4) is 0 Å².